The Balaban J connectivity index is 1.62. The lowest BCUT2D eigenvalue weighted by Crippen LogP contribution is -2.27. The van der Waals surface area contributed by atoms with Crippen LogP contribution in [0.25, 0.3) is 0 Å². The van der Waals surface area contributed by atoms with Gasteiger partial charge in [-0.05, 0) is 61.2 Å². The van der Waals surface area contributed by atoms with Gasteiger partial charge in [-0.2, -0.15) is 0 Å². The van der Waals surface area contributed by atoms with Crippen molar-refractivity contribution in [3.63, 3.8) is 0 Å². The fourth-order valence-corrected chi connectivity index (χ4v) is 3.01. The standard InChI is InChI=1S/C19H20ClNO2/c1-14-12-17(20)8-9-18(14)23-13-15-4-6-16(7-5-15)19(22)21-10-2-3-11-21/h4-9,12H,2-3,10-11,13H2,1H3. The largest absolute Gasteiger partial charge is 0.489 e. The summed E-state index contributed by atoms with van der Waals surface area (Å²) in [7, 11) is 0. The molecule has 1 saturated heterocycles. The minimum absolute atomic E-state index is 0.128. The molecule has 120 valence electrons. The number of likely N-dealkylation sites (tertiary alicyclic amines) is 1. The van der Waals surface area contributed by atoms with Gasteiger partial charge in [-0.1, -0.05) is 23.7 Å². The molecule has 1 heterocycles. The molecule has 0 unspecified atom stereocenters. The Morgan fingerprint density at radius 1 is 1.13 bits per heavy atom. The van der Waals surface area contributed by atoms with Gasteiger partial charge in [-0.3, -0.25) is 4.79 Å². The third-order valence-corrected chi connectivity index (χ3v) is 4.36. The van der Waals surface area contributed by atoms with E-state index in [4.69, 9.17) is 16.3 Å². The van der Waals surface area contributed by atoms with E-state index >= 15 is 0 Å². The van der Waals surface area contributed by atoms with Gasteiger partial charge in [0.1, 0.15) is 12.4 Å². The van der Waals surface area contributed by atoms with Gasteiger partial charge in [-0.25, -0.2) is 0 Å². The van der Waals surface area contributed by atoms with Crippen molar-refractivity contribution in [3.8, 4) is 5.75 Å². The third-order valence-electron chi connectivity index (χ3n) is 4.13. The average Bonchev–Trinajstić information content (AvgIpc) is 3.08. The molecule has 0 aromatic heterocycles. The van der Waals surface area contributed by atoms with E-state index in [2.05, 4.69) is 0 Å². The molecular weight excluding hydrogens is 310 g/mol. The van der Waals surface area contributed by atoms with Gasteiger partial charge in [0.2, 0.25) is 0 Å². The predicted molar refractivity (Wildman–Crippen MR) is 92.1 cm³/mol. The van der Waals surface area contributed by atoms with Crippen molar-refractivity contribution in [2.24, 2.45) is 0 Å². The Morgan fingerprint density at radius 2 is 1.83 bits per heavy atom. The van der Waals surface area contributed by atoms with Crippen LogP contribution in [0, 0.1) is 6.92 Å². The first kappa shape index (κ1) is 15.9. The molecule has 1 aliphatic heterocycles. The van der Waals surface area contributed by atoms with Gasteiger partial charge in [-0.15, -0.1) is 0 Å². The lowest BCUT2D eigenvalue weighted by atomic mass is 10.1. The van der Waals surface area contributed by atoms with Crippen LogP contribution in [0.1, 0.15) is 34.3 Å². The molecule has 4 heteroatoms. The summed E-state index contributed by atoms with van der Waals surface area (Å²) in [6.07, 6.45) is 2.22. The smallest absolute Gasteiger partial charge is 0.253 e. The van der Waals surface area contributed by atoms with Crippen molar-refractivity contribution in [3.05, 3.63) is 64.2 Å². The lowest BCUT2D eigenvalue weighted by molar-refractivity contribution is 0.0793. The molecule has 0 atom stereocenters. The fourth-order valence-electron chi connectivity index (χ4n) is 2.78. The Bertz CT molecular complexity index is 691. The highest BCUT2D eigenvalue weighted by Crippen LogP contribution is 2.23. The molecule has 3 rings (SSSR count). The van der Waals surface area contributed by atoms with E-state index in [0.29, 0.717) is 11.6 Å². The molecule has 0 bridgehead atoms. The molecule has 0 saturated carbocycles. The van der Waals surface area contributed by atoms with Crippen LogP contribution >= 0.6 is 11.6 Å². The zero-order valence-corrected chi connectivity index (χ0v) is 14.0. The van der Waals surface area contributed by atoms with Crippen molar-refractivity contribution in [1.29, 1.82) is 0 Å². The van der Waals surface area contributed by atoms with Gasteiger partial charge in [0.05, 0.1) is 0 Å². The number of ether oxygens (including phenoxy) is 1. The number of nitrogens with zero attached hydrogens (tertiary/aromatic N) is 1. The molecule has 23 heavy (non-hydrogen) atoms. The van der Waals surface area contributed by atoms with E-state index in [1.807, 2.05) is 54.3 Å². The summed E-state index contributed by atoms with van der Waals surface area (Å²) in [4.78, 5) is 14.2. The average molecular weight is 330 g/mol. The number of aryl methyl sites for hydroxylation is 1. The van der Waals surface area contributed by atoms with Crippen LogP contribution in [-0.4, -0.2) is 23.9 Å². The second-order valence-electron chi connectivity index (χ2n) is 5.89. The predicted octanol–water partition coefficient (Wildman–Crippen LogP) is 4.46. The molecular formula is C19H20ClNO2. The zero-order valence-electron chi connectivity index (χ0n) is 13.2. The zero-order chi connectivity index (χ0) is 16.2. The Labute approximate surface area is 141 Å². The minimum atomic E-state index is 0.128. The summed E-state index contributed by atoms with van der Waals surface area (Å²) in [6.45, 7) is 4.19. The van der Waals surface area contributed by atoms with E-state index < -0.39 is 0 Å². The number of hydrogen-bond donors (Lipinski definition) is 0. The van der Waals surface area contributed by atoms with Crippen LogP contribution in [0.15, 0.2) is 42.5 Å². The number of carbonyl (C=O) groups excluding carboxylic acids is 1. The van der Waals surface area contributed by atoms with Crippen molar-refractivity contribution >= 4 is 17.5 Å². The summed E-state index contributed by atoms with van der Waals surface area (Å²) in [5.74, 6) is 0.954. The Morgan fingerprint density at radius 3 is 2.48 bits per heavy atom. The van der Waals surface area contributed by atoms with E-state index in [1.165, 1.54) is 0 Å². The minimum Gasteiger partial charge on any atom is -0.489 e. The molecule has 0 spiro atoms. The maximum Gasteiger partial charge on any atom is 0.253 e. The second-order valence-corrected chi connectivity index (χ2v) is 6.33. The Kier molecular flexibility index (Phi) is 4.87. The quantitative estimate of drug-likeness (QED) is 0.828. The number of rotatable bonds is 4. The first-order valence-corrected chi connectivity index (χ1v) is 8.28. The topological polar surface area (TPSA) is 29.5 Å². The number of hydrogen-bond acceptors (Lipinski definition) is 2. The normalized spacial score (nSPS) is 14.1. The highest BCUT2D eigenvalue weighted by Gasteiger charge is 2.19. The van der Waals surface area contributed by atoms with Gasteiger partial charge < -0.3 is 9.64 Å². The maximum absolute atomic E-state index is 12.3. The summed E-state index contributed by atoms with van der Waals surface area (Å²) < 4.78 is 5.82. The summed E-state index contributed by atoms with van der Waals surface area (Å²) in [6, 6.07) is 13.3. The fraction of sp³-hybridized carbons (Fsp3) is 0.316. The summed E-state index contributed by atoms with van der Waals surface area (Å²) in [5, 5.41) is 0.708. The van der Waals surface area contributed by atoms with Crippen LogP contribution < -0.4 is 4.74 Å². The summed E-state index contributed by atoms with van der Waals surface area (Å²) in [5.41, 5.74) is 2.80. The number of halogens is 1. The van der Waals surface area contributed by atoms with Crippen LogP contribution in [-0.2, 0) is 6.61 Å². The van der Waals surface area contributed by atoms with Crippen LogP contribution in [0.2, 0.25) is 5.02 Å². The lowest BCUT2D eigenvalue weighted by Gasteiger charge is -2.15. The Hall–Kier alpha value is -2.00. The number of amides is 1. The van der Waals surface area contributed by atoms with Crippen molar-refractivity contribution in [1.82, 2.24) is 4.90 Å². The number of benzene rings is 2. The number of carbonyl (C=O) groups is 1. The molecule has 3 nitrogen and oxygen atoms in total. The molecule has 2 aromatic carbocycles. The highest BCUT2D eigenvalue weighted by atomic mass is 35.5. The molecule has 1 fully saturated rings. The van der Waals surface area contributed by atoms with Crippen molar-refractivity contribution < 1.29 is 9.53 Å². The van der Waals surface area contributed by atoms with E-state index in [1.54, 1.807) is 0 Å². The molecule has 2 aromatic rings. The molecule has 1 amide bonds. The van der Waals surface area contributed by atoms with Gasteiger partial charge >= 0.3 is 0 Å². The first-order valence-electron chi connectivity index (χ1n) is 7.90. The monoisotopic (exact) mass is 329 g/mol. The van der Waals surface area contributed by atoms with Gasteiger partial charge in [0.25, 0.3) is 5.91 Å². The van der Waals surface area contributed by atoms with Crippen molar-refractivity contribution in [2.45, 2.75) is 26.4 Å². The van der Waals surface area contributed by atoms with Crippen LogP contribution in [0.3, 0.4) is 0 Å². The first-order chi connectivity index (χ1) is 11.1. The van der Waals surface area contributed by atoms with Gasteiger partial charge in [0.15, 0.2) is 0 Å². The van der Waals surface area contributed by atoms with E-state index in [9.17, 15) is 4.79 Å². The molecule has 0 aliphatic carbocycles. The third kappa shape index (κ3) is 3.85. The van der Waals surface area contributed by atoms with E-state index in [-0.39, 0.29) is 5.91 Å². The SMILES string of the molecule is Cc1cc(Cl)ccc1OCc1ccc(C(=O)N2CCCC2)cc1. The van der Waals surface area contributed by atoms with Crippen molar-refractivity contribution in [2.75, 3.05) is 13.1 Å². The maximum atomic E-state index is 12.3. The second kappa shape index (κ2) is 7.05. The van der Waals surface area contributed by atoms with Crippen LogP contribution in [0.5, 0.6) is 5.75 Å². The summed E-state index contributed by atoms with van der Waals surface area (Å²) >= 11 is 5.94. The van der Waals surface area contributed by atoms with Crippen LogP contribution in [0.4, 0.5) is 0 Å². The van der Waals surface area contributed by atoms with Gasteiger partial charge in [0, 0.05) is 23.7 Å². The molecule has 0 N–H and O–H groups in total. The van der Waals surface area contributed by atoms with E-state index in [0.717, 1.165) is 48.4 Å². The molecule has 0 radical (unpaired) electrons. The highest BCUT2D eigenvalue weighted by molar-refractivity contribution is 6.30. The molecule has 1 aliphatic rings.